The van der Waals surface area contributed by atoms with Gasteiger partial charge < -0.3 is 10.6 Å². The Morgan fingerprint density at radius 1 is 0.500 bits per heavy atom. The van der Waals surface area contributed by atoms with Crippen LogP contribution in [0.3, 0.4) is 0 Å². The number of halogens is 2. The second-order valence-electron chi connectivity index (χ2n) is 9.15. The summed E-state index contributed by atoms with van der Waals surface area (Å²) in [6, 6.07) is 25.9. The fraction of sp³-hybridized carbons (Fsp3) is 0.200. The Hall–Kier alpha value is -2.62. The Morgan fingerprint density at radius 3 is 1.41 bits per heavy atom. The fourth-order valence-corrected chi connectivity index (χ4v) is 5.89. The Morgan fingerprint density at radius 2 is 0.941 bits per heavy atom. The quantitative estimate of drug-likeness (QED) is 0.319. The number of nitrogens with one attached hydrogen (secondary N) is 2. The molecule has 0 saturated heterocycles. The van der Waals surface area contributed by atoms with Crippen molar-refractivity contribution in [3.8, 4) is 33.4 Å². The minimum Gasteiger partial charge on any atom is -0.312 e. The van der Waals surface area contributed by atoms with Gasteiger partial charge in [0.2, 0.25) is 0 Å². The molecule has 0 atom stereocenters. The first-order valence-electron chi connectivity index (χ1n) is 11.9. The van der Waals surface area contributed by atoms with Gasteiger partial charge in [-0.05, 0) is 59.3 Å². The molecule has 0 aliphatic carbocycles. The molecule has 2 aliphatic rings. The largest absolute Gasteiger partial charge is 0.312 e. The SMILES string of the molecule is Clc1c(-c2ccc3c(c2)CCNC3)cccc1-c1cccc(-c2ccc3c(c2)CCNC3)c1Cl. The Balaban J connectivity index is 1.42. The predicted molar refractivity (Wildman–Crippen MR) is 144 cm³/mol. The average molecular weight is 485 g/mol. The lowest BCUT2D eigenvalue weighted by atomic mass is 9.92. The van der Waals surface area contributed by atoms with Gasteiger partial charge in [0.1, 0.15) is 0 Å². The molecule has 0 amide bonds. The van der Waals surface area contributed by atoms with Gasteiger partial charge >= 0.3 is 0 Å². The third kappa shape index (κ3) is 3.95. The molecule has 170 valence electrons. The summed E-state index contributed by atoms with van der Waals surface area (Å²) in [5.74, 6) is 0. The Kier molecular flexibility index (Phi) is 5.92. The minimum atomic E-state index is 0.743. The molecule has 0 unspecified atom stereocenters. The van der Waals surface area contributed by atoms with E-state index in [4.69, 9.17) is 23.2 Å². The molecular weight excluding hydrogens is 459 g/mol. The van der Waals surface area contributed by atoms with Gasteiger partial charge in [-0.1, -0.05) is 96.0 Å². The molecule has 0 spiro atoms. The van der Waals surface area contributed by atoms with E-state index in [0.717, 1.165) is 82.4 Å². The van der Waals surface area contributed by atoms with Crippen LogP contribution >= 0.6 is 23.2 Å². The first-order chi connectivity index (χ1) is 16.7. The van der Waals surface area contributed by atoms with E-state index >= 15 is 0 Å². The van der Waals surface area contributed by atoms with E-state index in [9.17, 15) is 0 Å². The number of hydrogen-bond acceptors (Lipinski definition) is 2. The van der Waals surface area contributed by atoms with Crippen LogP contribution in [0, 0.1) is 0 Å². The van der Waals surface area contributed by atoms with Gasteiger partial charge in [0, 0.05) is 35.3 Å². The standard InChI is InChI=1S/C30H26Cl2N2/c31-29-25(21-7-9-23-17-33-13-11-19(23)15-21)3-1-5-27(29)28-6-2-4-26(30(28)32)22-8-10-24-18-34-14-12-20(24)16-22/h1-10,15-16,33-34H,11-14,17-18H2. The molecule has 4 aromatic carbocycles. The molecule has 34 heavy (non-hydrogen) atoms. The smallest absolute Gasteiger partial charge is 0.0563 e. The third-order valence-corrected chi connectivity index (χ3v) is 7.91. The van der Waals surface area contributed by atoms with E-state index < -0.39 is 0 Å². The van der Waals surface area contributed by atoms with E-state index in [-0.39, 0.29) is 0 Å². The monoisotopic (exact) mass is 484 g/mol. The molecule has 0 aromatic heterocycles. The summed E-state index contributed by atoms with van der Waals surface area (Å²) >= 11 is 14.1. The van der Waals surface area contributed by atoms with Crippen molar-refractivity contribution in [3.05, 3.63) is 105 Å². The van der Waals surface area contributed by atoms with Gasteiger partial charge in [-0.25, -0.2) is 0 Å². The summed E-state index contributed by atoms with van der Waals surface area (Å²) in [5, 5.41) is 8.37. The van der Waals surface area contributed by atoms with Crippen LogP contribution in [-0.2, 0) is 25.9 Å². The highest BCUT2D eigenvalue weighted by Gasteiger charge is 2.18. The summed E-state index contributed by atoms with van der Waals surface area (Å²) in [6.07, 6.45) is 2.09. The highest BCUT2D eigenvalue weighted by molar-refractivity contribution is 6.39. The maximum atomic E-state index is 7.05. The van der Waals surface area contributed by atoms with Crippen molar-refractivity contribution >= 4 is 23.2 Å². The van der Waals surface area contributed by atoms with Crippen LogP contribution in [0.25, 0.3) is 33.4 Å². The second kappa shape index (κ2) is 9.20. The van der Waals surface area contributed by atoms with Crippen molar-refractivity contribution < 1.29 is 0 Å². The van der Waals surface area contributed by atoms with Crippen LogP contribution in [-0.4, -0.2) is 13.1 Å². The molecule has 2 nitrogen and oxygen atoms in total. The maximum absolute atomic E-state index is 7.05. The number of rotatable bonds is 3. The van der Waals surface area contributed by atoms with Crippen LogP contribution in [0.15, 0.2) is 72.8 Å². The lowest BCUT2D eigenvalue weighted by Crippen LogP contribution is -2.23. The van der Waals surface area contributed by atoms with Crippen molar-refractivity contribution in [1.82, 2.24) is 10.6 Å². The summed E-state index contributed by atoms with van der Waals surface area (Å²) in [7, 11) is 0. The number of hydrogen-bond donors (Lipinski definition) is 2. The number of fused-ring (bicyclic) bond motifs is 2. The fourth-order valence-electron chi connectivity index (χ4n) is 5.22. The summed E-state index contributed by atoms with van der Waals surface area (Å²) in [5.41, 5.74) is 11.9. The minimum absolute atomic E-state index is 0.743. The van der Waals surface area contributed by atoms with E-state index in [1.807, 2.05) is 0 Å². The topological polar surface area (TPSA) is 24.1 Å². The van der Waals surface area contributed by atoms with Gasteiger partial charge in [-0.3, -0.25) is 0 Å². The van der Waals surface area contributed by atoms with Crippen LogP contribution in [0.5, 0.6) is 0 Å². The van der Waals surface area contributed by atoms with Crippen molar-refractivity contribution in [2.75, 3.05) is 13.1 Å². The van der Waals surface area contributed by atoms with Gasteiger partial charge in [-0.15, -0.1) is 0 Å². The lowest BCUT2D eigenvalue weighted by Gasteiger charge is -2.20. The Labute approximate surface area is 210 Å². The van der Waals surface area contributed by atoms with Gasteiger partial charge in [0.05, 0.1) is 10.0 Å². The zero-order valence-electron chi connectivity index (χ0n) is 18.9. The van der Waals surface area contributed by atoms with Crippen LogP contribution in [0.2, 0.25) is 10.0 Å². The molecular formula is C30H26Cl2N2. The molecule has 2 aliphatic heterocycles. The summed E-state index contributed by atoms with van der Waals surface area (Å²) in [6.45, 7) is 3.91. The zero-order valence-corrected chi connectivity index (χ0v) is 20.4. The van der Waals surface area contributed by atoms with Crippen molar-refractivity contribution in [3.63, 3.8) is 0 Å². The highest BCUT2D eigenvalue weighted by atomic mass is 35.5. The van der Waals surface area contributed by atoms with E-state index in [0.29, 0.717) is 0 Å². The lowest BCUT2D eigenvalue weighted by molar-refractivity contribution is 0.644. The first kappa shape index (κ1) is 21.9. The zero-order chi connectivity index (χ0) is 23.1. The molecule has 2 heterocycles. The molecule has 4 heteroatoms. The highest BCUT2D eigenvalue weighted by Crippen LogP contribution is 2.43. The van der Waals surface area contributed by atoms with Crippen LogP contribution in [0.4, 0.5) is 0 Å². The van der Waals surface area contributed by atoms with Crippen LogP contribution < -0.4 is 10.6 Å². The molecule has 0 bridgehead atoms. The predicted octanol–water partition coefficient (Wildman–Crippen LogP) is 7.29. The van der Waals surface area contributed by atoms with Crippen molar-refractivity contribution in [2.24, 2.45) is 0 Å². The normalized spacial score (nSPS) is 15.0. The maximum Gasteiger partial charge on any atom is 0.0563 e. The summed E-state index contributed by atoms with van der Waals surface area (Å²) < 4.78 is 0. The Bertz CT molecular complexity index is 1290. The van der Waals surface area contributed by atoms with Crippen molar-refractivity contribution in [2.45, 2.75) is 25.9 Å². The number of benzene rings is 4. The van der Waals surface area contributed by atoms with E-state index in [1.54, 1.807) is 0 Å². The summed E-state index contributed by atoms with van der Waals surface area (Å²) in [4.78, 5) is 0. The van der Waals surface area contributed by atoms with Crippen molar-refractivity contribution in [1.29, 1.82) is 0 Å². The average Bonchev–Trinajstić information content (AvgIpc) is 2.89. The first-order valence-corrected chi connectivity index (χ1v) is 12.7. The van der Waals surface area contributed by atoms with Crippen LogP contribution in [0.1, 0.15) is 22.3 Å². The van der Waals surface area contributed by atoms with Gasteiger partial charge in [0.15, 0.2) is 0 Å². The molecule has 0 fully saturated rings. The third-order valence-electron chi connectivity index (χ3n) is 7.10. The molecule has 2 N–H and O–H groups in total. The molecule has 0 radical (unpaired) electrons. The van der Waals surface area contributed by atoms with Gasteiger partial charge in [-0.2, -0.15) is 0 Å². The molecule has 0 saturated carbocycles. The van der Waals surface area contributed by atoms with E-state index in [2.05, 4.69) is 83.4 Å². The molecule has 4 aromatic rings. The van der Waals surface area contributed by atoms with Gasteiger partial charge in [0.25, 0.3) is 0 Å². The molecule has 6 rings (SSSR count). The second-order valence-corrected chi connectivity index (χ2v) is 9.91. The van der Waals surface area contributed by atoms with E-state index in [1.165, 1.54) is 22.3 Å².